The Balaban J connectivity index is 2.82. The van der Waals surface area contributed by atoms with Gasteiger partial charge in [-0.1, -0.05) is 6.07 Å². The van der Waals surface area contributed by atoms with Gasteiger partial charge in [-0.15, -0.1) is 0 Å². The fourth-order valence-electron chi connectivity index (χ4n) is 1.66. The van der Waals surface area contributed by atoms with Crippen molar-refractivity contribution in [3.05, 3.63) is 29.3 Å². The number of methoxy groups -OCH3 is 1. The maximum Gasteiger partial charge on any atom is 0.320 e. The zero-order valence-corrected chi connectivity index (χ0v) is 11.0. The second-order valence-electron chi connectivity index (χ2n) is 4.10. The Bertz CT molecular complexity index is 474. The van der Waals surface area contributed by atoms with Gasteiger partial charge >= 0.3 is 5.97 Å². The van der Waals surface area contributed by atoms with E-state index in [1.807, 2.05) is 0 Å². The van der Waals surface area contributed by atoms with Crippen molar-refractivity contribution in [1.82, 2.24) is 5.32 Å². The second-order valence-corrected chi connectivity index (χ2v) is 4.10. The van der Waals surface area contributed by atoms with Crippen LogP contribution >= 0.6 is 0 Å². The molecule has 104 valence electrons. The number of carbonyl (C=O) groups is 2. The van der Waals surface area contributed by atoms with E-state index in [0.717, 1.165) is 5.56 Å². The SMILES string of the molecule is CNC(=O)c1ccc(CCC(N)C(=O)O)cc1OC. The van der Waals surface area contributed by atoms with E-state index < -0.39 is 12.0 Å². The predicted molar refractivity (Wildman–Crippen MR) is 70.3 cm³/mol. The van der Waals surface area contributed by atoms with Crippen molar-refractivity contribution in [3.63, 3.8) is 0 Å². The summed E-state index contributed by atoms with van der Waals surface area (Å²) in [7, 11) is 3.02. The Hall–Kier alpha value is -2.08. The van der Waals surface area contributed by atoms with Crippen molar-refractivity contribution in [2.75, 3.05) is 14.2 Å². The van der Waals surface area contributed by atoms with Gasteiger partial charge in [0.15, 0.2) is 0 Å². The number of amides is 1. The van der Waals surface area contributed by atoms with Crippen molar-refractivity contribution < 1.29 is 19.4 Å². The smallest absolute Gasteiger partial charge is 0.320 e. The number of hydrogen-bond acceptors (Lipinski definition) is 4. The lowest BCUT2D eigenvalue weighted by Crippen LogP contribution is -2.30. The van der Waals surface area contributed by atoms with Crippen molar-refractivity contribution in [2.24, 2.45) is 5.73 Å². The molecule has 19 heavy (non-hydrogen) atoms. The van der Waals surface area contributed by atoms with Crippen LogP contribution in [-0.2, 0) is 11.2 Å². The van der Waals surface area contributed by atoms with Crippen LogP contribution in [0.25, 0.3) is 0 Å². The molecule has 4 N–H and O–H groups in total. The standard InChI is InChI=1S/C13H18N2O4/c1-15-12(16)9-5-3-8(7-11(9)19-2)4-6-10(14)13(17)18/h3,5,7,10H,4,6,14H2,1-2H3,(H,15,16)(H,17,18). The molecule has 0 saturated carbocycles. The third-order valence-electron chi connectivity index (χ3n) is 2.80. The van der Waals surface area contributed by atoms with E-state index in [1.165, 1.54) is 7.11 Å². The van der Waals surface area contributed by atoms with E-state index in [0.29, 0.717) is 24.2 Å². The lowest BCUT2D eigenvalue weighted by atomic mass is 10.0. The van der Waals surface area contributed by atoms with E-state index in [4.69, 9.17) is 15.6 Å². The van der Waals surface area contributed by atoms with Gasteiger partial charge in [-0.2, -0.15) is 0 Å². The number of ether oxygens (including phenoxy) is 1. The largest absolute Gasteiger partial charge is 0.496 e. The summed E-state index contributed by atoms with van der Waals surface area (Å²) in [4.78, 5) is 22.2. The summed E-state index contributed by atoms with van der Waals surface area (Å²) in [5, 5.41) is 11.2. The molecule has 0 aliphatic heterocycles. The predicted octanol–water partition coefficient (Wildman–Crippen LogP) is 0.399. The summed E-state index contributed by atoms with van der Waals surface area (Å²) >= 11 is 0. The first kappa shape index (κ1) is 15.0. The highest BCUT2D eigenvalue weighted by Gasteiger charge is 2.14. The van der Waals surface area contributed by atoms with Gasteiger partial charge in [-0.3, -0.25) is 9.59 Å². The highest BCUT2D eigenvalue weighted by molar-refractivity contribution is 5.96. The third-order valence-corrected chi connectivity index (χ3v) is 2.80. The van der Waals surface area contributed by atoms with Crippen LogP contribution < -0.4 is 15.8 Å². The van der Waals surface area contributed by atoms with Gasteiger partial charge in [0, 0.05) is 7.05 Å². The number of nitrogens with two attached hydrogens (primary N) is 1. The minimum atomic E-state index is -1.02. The van der Waals surface area contributed by atoms with Gasteiger partial charge in [-0.05, 0) is 30.5 Å². The quantitative estimate of drug-likeness (QED) is 0.691. The zero-order valence-electron chi connectivity index (χ0n) is 11.0. The van der Waals surface area contributed by atoms with Crippen LogP contribution in [0.15, 0.2) is 18.2 Å². The highest BCUT2D eigenvalue weighted by Crippen LogP contribution is 2.21. The van der Waals surface area contributed by atoms with E-state index in [-0.39, 0.29) is 5.91 Å². The van der Waals surface area contributed by atoms with Crippen LogP contribution in [0.5, 0.6) is 5.75 Å². The fourth-order valence-corrected chi connectivity index (χ4v) is 1.66. The third kappa shape index (κ3) is 3.96. The number of aliphatic carboxylic acids is 1. The van der Waals surface area contributed by atoms with Crippen LogP contribution in [0.3, 0.4) is 0 Å². The molecule has 1 unspecified atom stereocenters. The fraction of sp³-hybridized carbons (Fsp3) is 0.385. The van der Waals surface area contributed by atoms with Crippen molar-refractivity contribution >= 4 is 11.9 Å². The average Bonchev–Trinajstić information content (AvgIpc) is 2.43. The molecule has 1 atom stereocenters. The molecule has 0 aliphatic carbocycles. The van der Waals surface area contributed by atoms with Gasteiger partial charge < -0.3 is 20.9 Å². The van der Waals surface area contributed by atoms with E-state index in [9.17, 15) is 9.59 Å². The Labute approximate surface area is 111 Å². The first-order valence-corrected chi connectivity index (χ1v) is 5.87. The van der Waals surface area contributed by atoms with Gasteiger partial charge in [0.2, 0.25) is 0 Å². The number of rotatable bonds is 6. The molecule has 0 bridgehead atoms. The van der Waals surface area contributed by atoms with Crippen molar-refractivity contribution in [1.29, 1.82) is 0 Å². The van der Waals surface area contributed by atoms with Crippen LogP contribution in [0.4, 0.5) is 0 Å². The number of carboxylic acids is 1. The molecule has 0 fully saturated rings. The summed E-state index contributed by atoms with van der Waals surface area (Å²) in [5.74, 6) is -0.791. The summed E-state index contributed by atoms with van der Waals surface area (Å²) in [6, 6.07) is 4.25. The molecule has 1 rings (SSSR count). The molecule has 6 heteroatoms. The molecular weight excluding hydrogens is 248 g/mol. The molecular formula is C13H18N2O4. The number of nitrogens with one attached hydrogen (secondary N) is 1. The molecule has 0 aliphatic rings. The molecule has 0 aromatic heterocycles. The molecule has 0 radical (unpaired) electrons. The normalized spacial score (nSPS) is 11.7. The van der Waals surface area contributed by atoms with Gasteiger partial charge in [-0.25, -0.2) is 0 Å². The first-order chi connectivity index (χ1) is 8.99. The Kier molecular flexibility index (Phi) is 5.32. The Morgan fingerprint density at radius 3 is 2.68 bits per heavy atom. The van der Waals surface area contributed by atoms with Gasteiger partial charge in [0.05, 0.1) is 12.7 Å². The summed E-state index contributed by atoms with van der Waals surface area (Å²) in [6.45, 7) is 0. The number of aryl methyl sites for hydroxylation is 1. The van der Waals surface area contributed by atoms with E-state index in [2.05, 4.69) is 5.32 Å². The molecule has 1 aromatic carbocycles. The zero-order chi connectivity index (χ0) is 14.4. The minimum Gasteiger partial charge on any atom is -0.496 e. The minimum absolute atomic E-state index is 0.231. The Morgan fingerprint density at radius 1 is 1.47 bits per heavy atom. The average molecular weight is 266 g/mol. The maximum atomic E-state index is 11.6. The second kappa shape index (κ2) is 6.75. The number of carbonyl (C=O) groups excluding carboxylic acids is 1. The Morgan fingerprint density at radius 2 is 2.16 bits per heavy atom. The maximum absolute atomic E-state index is 11.6. The van der Waals surface area contributed by atoms with Crippen molar-refractivity contribution in [2.45, 2.75) is 18.9 Å². The van der Waals surface area contributed by atoms with E-state index >= 15 is 0 Å². The number of benzene rings is 1. The molecule has 6 nitrogen and oxygen atoms in total. The molecule has 0 spiro atoms. The van der Waals surface area contributed by atoms with Gasteiger partial charge in [0.25, 0.3) is 5.91 Å². The summed E-state index contributed by atoms with van der Waals surface area (Å²) in [6.07, 6.45) is 0.843. The lowest BCUT2D eigenvalue weighted by Gasteiger charge is -2.11. The highest BCUT2D eigenvalue weighted by atomic mass is 16.5. The lowest BCUT2D eigenvalue weighted by molar-refractivity contribution is -0.138. The monoisotopic (exact) mass is 266 g/mol. The van der Waals surface area contributed by atoms with Crippen molar-refractivity contribution in [3.8, 4) is 5.75 Å². The topological polar surface area (TPSA) is 102 Å². The van der Waals surface area contributed by atoms with Crippen LogP contribution in [0.1, 0.15) is 22.3 Å². The molecule has 0 saturated heterocycles. The number of hydrogen-bond donors (Lipinski definition) is 3. The summed E-state index contributed by atoms with van der Waals surface area (Å²) < 4.78 is 5.15. The van der Waals surface area contributed by atoms with Crippen LogP contribution in [0, 0.1) is 0 Å². The van der Waals surface area contributed by atoms with Crippen LogP contribution in [0.2, 0.25) is 0 Å². The number of carboxylic acid groups (broad SMARTS) is 1. The molecule has 1 aromatic rings. The molecule has 1 amide bonds. The molecule has 0 heterocycles. The first-order valence-electron chi connectivity index (χ1n) is 5.87. The summed E-state index contributed by atoms with van der Waals surface area (Å²) in [5.41, 5.74) is 6.76. The van der Waals surface area contributed by atoms with Crippen LogP contribution in [-0.4, -0.2) is 37.2 Å². The van der Waals surface area contributed by atoms with Gasteiger partial charge in [0.1, 0.15) is 11.8 Å². The van der Waals surface area contributed by atoms with E-state index in [1.54, 1.807) is 25.2 Å².